The molecule has 0 fully saturated rings. The Kier molecular flexibility index (Phi) is 5.12. The minimum Gasteiger partial charge on any atom is -0.310 e. The average molecular weight is 389 g/mol. The zero-order valence-electron chi connectivity index (χ0n) is 10.9. The van der Waals surface area contributed by atoms with Gasteiger partial charge < -0.3 is 5.32 Å². The molecule has 0 aromatic carbocycles. The summed E-state index contributed by atoms with van der Waals surface area (Å²) in [4.78, 5) is 17.5. The summed E-state index contributed by atoms with van der Waals surface area (Å²) in [6.45, 7) is 6.25. The largest absolute Gasteiger partial charge is 0.310 e. The zero-order chi connectivity index (χ0) is 13.8. The van der Waals surface area contributed by atoms with E-state index in [2.05, 4.69) is 28.7 Å². The molecule has 4 nitrogen and oxygen atoms in total. The Morgan fingerprint density at radius 3 is 2.95 bits per heavy atom. The molecule has 0 radical (unpaired) electrons. The highest BCUT2D eigenvalue weighted by Gasteiger charge is 2.05. The Bertz CT molecular complexity index is 621. The van der Waals surface area contributed by atoms with E-state index in [4.69, 9.17) is 0 Å². The summed E-state index contributed by atoms with van der Waals surface area (Å²) in [7, 11) is 0. The fraction of sp³-hybridized carbons (Fsp3) is 0.385. The summed E-state index contributed by atoms with van der Waals surface area (Å²) >= 11 is 3.79. The van der Waals surface area contributed by atoms with Crippen molar-refractivity contribution in [3.8, 4) is 0 Å². The van der Waals surface area contributed by atoms with Gasteiger partial charge in [-0.15, -0.1) is 11.3 Å². The quantitative estimate of drug-likeness (QED) is 0.631. The lowest BCUT2D eigenvalue weighted by Crippen LogP contribution is -2.30. The third-order valence-electron chi connectivity index (χ3n) is 2.97. The van der Waals surface area contributed by atoms with E-state index in [9.17, 15) is 4.79 Å². The zero-order valence-corrected chi connectivity index (χ0v) is 13.9. The molecule has 0 saturated carbocycles. The van der Waals surface area contributed by atoms with Crippen molar-refractivity contribution in [2.75, 3.05) is 6.54 Å². The molecule has 0 saturated heterocycles. The van der Waals surface area contributed by atoms with Gasteiger partial charge in [0, 0.05) is 30.7 Å². The van der Waals surface area contributed by atoms with Crippen LogP contribution in [0.4, 0.5) is 0 Å². The molecule has 102 valence electrons. The van der Waals surface area contributed by atoms with Crippen LogP contribution in [0.3, 0.4) is 0 Å². The van der Waals surface area contributed by atoms with Gasteiger partial charge in [-0.05, 0) is 53.4 Å². The molecule has 0 amide bonds. The number of nitrogens with zero attached hydrogens (tertiary/aromatic N) is 2. The summed E-state index contributed by atoms with van der Waals surface area (Å²) in [5.41, 5.74) is 1.36. The summed E-state index contributed by atoms with van der Waals surface area (Å²) in [6.07, 6.45) is 1.62. The van der Waals surface area contributed by atoms with Crippen LogP contribution in [0.5, 0.6) is 0 Å². The van der Waals surface area contributed by atoms with E-state index < -0.39 is 0 Å². The number of aryl methyl sites for hydroxylation is 2. The first-order valence-electron chi connectivity index (χ1n) is 6.05. The van der Waals surface area contributed by atoms with Crippen LogP contribution in [0.2, 0.25) is 0 Å². The highest BCUT2D eigenvalue weighted by molar-refractivity contribution is 14.1. The molecule has 2 rings (SSSR count). The standard InChI is InChI=1S/C13H16IN3OS/c1-9-3-6-19-12(9)8-15-4-5-17-10(2)16-7-11(14)13(17)18/h3,6-7,15H,4-5,8H2,1-2H3. The van der Waals surface area contributed by atoms with Crippen LogP contribution >= 0.6 is 33.9 Å². The van der Waals surface area contributed by atoms with E-state index in [1.165, 1.54) is 10.4 Å². The lowest BCUT2D eigenvalue weighted by molar-refractivity contribution is 0.565. The highest BCUT2D eigenvalue weighted by Crippen LogP contribution is 2.14. The monoisotopic (exact) mass is 389 g/mol. The second-order valence-electron chi connectivity index (χ2n) is 4.31. The summed E-state index contributed by atoms with van der Waals surface area (Å²) in [5.74, 6) is 0.763. The number of rotatable bonds is 5. The molecule has 0 atom stereocenters. The molecule has 0 bridgehead atoms. The first kappa shape index (κ1) is 14.7. The first-order chi connectivity index (χ1) is 9.09. The summed E-state index contributed by atoms with van der Waals surface area (Å²) < 4.78 is 2.38. The molecule has 6 heteroatoms. The Balaban J connectivity index is 1.92. The van der Waals surface area contributed by atoms with Crippen LogP contribution < -0.4 is 10.9 Å². The number of halogens is 1. The third-order valence-corrected chi connectivity index (χ3v) is 4.73. The van der Waals surface area contributed by atoms with Crippen molar-refractivity contribution < 1.29 is 0 Å². The highest BCUT2D eigenvalue weighted by atomic mass is 127. The molecule has 0 unspecified atom stereocenters. The number of hydrogen-bond acceptors (Lipinski definition) is 4. The fourth-order valence-corrected chi connectivity index (χ4v) is 3.10. The van der Waals surface area contributed by atoms with Crippen LogP contribution in [0.15, 0.2) is 22.4 Å². The van der Waals surface area contributed by atoms with Gasteiger partial charge in [0.2, 0.25) is 0 Å². The maximum Gasteiger partial charge on any atom is 0.266 e. The Morgan fingerprint density at radius 2 is 2.26 bits per heavy atom. The van der Waals surface area contributed by atoms with Gasteiger partial charge in [0.05, 0.1) is 3.57 Å². The van der Waals surface area contributed by atoms with E-state index in [1.807, 2.05) is 29.5 Å². The van der Waals surface area contributed by atoms with Gasteiger partial charge in [-0.3, -0.25) is 9.36 Å². The number of aromatic nitrogens is 2. The minimum absolute atomic E-state index is 0.0437. The molecular formula is C13H16IN3OS. The minimum atomic E-state index is 0.0437. The van der Waals surface area contributed by atoms with E-state index in [1.54, 1.807) is 22.1 Å². The van der Waals surface area contributed by atoms with Crippen LogP contribution in [0, 0.1) is 17.4 Å². The van der Waals surface area contributed by atoms with Gasteiger partial charge in [-0.2, -0.15) is 0 Å². The topological polar surface area (TPSA) is 46.9 Å². The molecule has 19 heavy (non-hydrogen) atoms. The van der Waals surface area contributed by atoms with Crippen LogP contribution in [-0.4, -0.2) is 16.1 Å². The van der Waals surface area contributed by atoms with Gasteiger partial charge in [0.25, 0.3) is 5.56 Å². The molecule has 2 aromatic heterocycles. The van der Waals surface area contributed by atoms with Gasteiger partial charge in [0.1, 0.15) is 5.82 Å². The van der Waals surface area contributed by atoms with Crippen LogP contribution in [0.25, 0.3) is 0 Å². The number of thiophene rings is 1. The Hall–Kier alpha value is -0.730. The maximum absolute atomic E-state index is 12.0. The van der Waals surface area contributed by atoms with Crippen molar-refractivity contribution in [3.05, 3.63) is 47.8 Å². The summed E-state index contributed by atoms with van der Waals surface area (Å²) in [5, 5.41) is 5.47. The number of nitrogens with one attached hydrogen (secondary N) is 1. The Labute approximate surface area is 130 Å². The van der Waals surface area contributed by atoms with Gasteiger partial charge >= 0.3 is 0 Å². The van der Waals surface area contributed by atoms with Crippen molar-refractivity contribution in [2.24, 2.45) is 0 Å². The van der Waals surface area contributed by atoms with E-state index >= 15 is 0 Å². The molecule has 0 aliphatic heterocycles. The Morgan fingerprint density at radius 1 is 1.47 bits per heavy atom. The van der Waals surface area contributed by atoms with Crippen molar-refractivity contribution in [2.45, 2.75) is 26.9 Å². The molecule has 0 aliphatic rings. The maximum atomic E-state index is 12.0. The summed E-state index contributed by atoms with van der Waals surface area (Å²) in [6, 6.07) is 2.12. The third kappa shape index (κ3) is 3.64. The van der Waals surface area contributed by atoms with Gasteiger partial charge in [-0.25, -0.2) is 4.98 Å². The SMILES string of the molecule is Cc1ccsc1CNCCn1c(C)ncc(I)c1=O. The van der Waals surface area contributed by atoms with Gasteiger partial charge in [0.15, 0.2) is 0 Å². The normalized spacial score (nSPS) is 10.9. The second-order valence-corrected chi connectivity index (χ2v) is 6.48. The smallest absolute Gasteiger partial charge is 0.266 e. The molecular weight excluding hydrogens is 373 g/mol. The van der Waals surface area contributed by atoms with Crippen LogP contribution in [-0.2, 0) is 13.1 Å². The predicted octanol–water partition coefficient (Wildman–Crippen LogP) is 2.32. The number of hydrogen-bond donors (Lipinski definition) is 1. The fourth-order valence-electron chi connectivity index (χ4n) is 1.79. The molecule has 2 heterocycles. The van der Waals surface area contributed by atoms with E-state index in [-0.39, 0.29) is 5.56 Å². The van der Waals surface area contributed by atoms with E-state index in [0.717, 1.165) is 18.9 Å². The van der Waals surface area contributed by atoms with Crippen molar-refractivity contribution >= 4 is 33.9 Å². The molecule has 0 aliphatic carbocycles. The molecule has 0 spiro atoms. The molecule has 2 aromatic rings. The molecule has 1 N–H and O–H groups in total. The lowest BCUT2D eigenvalue weighted by atomic mass is 10.3. The predicted molar refractivity (Wildman–Crippen MR) is 86.7 cm³/mol. The average Bonchev–Trinajstić information content (AvgIpc) is 2.79. The first-order valence-corrected chi connectivity index (χ1v) is 8.01. The van der Waals surface area contributed by atoms with Gasteiger partial charge in [-0.1, -0.05) is 0 Å². The second kappa shape index (κ2) is 6.62. The van der Waals surface area contributed by atoms with Crippen molar-refractivity contribution in [1.29, 1.82) is 0 Å². The van der Waals surface area contributed by atoms with Crippen molar-refractivity contribution in [3.63, 3.8) is 0 Å². The van der Waals surface area contributed by atoms with E-state index in [0.29, 0.717) is 10.1 Å². The lowest BCUT2D eigenvalue weighted by Gasteiger charge is -2.10. The van der Waals surface area contributed by atoms with Crippen LogP contribution in [0.1, 0.15) is 16.3 Å². The van der Waals surface area contributed by atoms with Crippen molar-refractivity contribution in [1.82, 2.24) is 14.9 Å².